The first-order valence-electron chi connectivity index (χ1n) is 7.12. The molecule has 120 valence electrons. The summed E-state index contributed by atoms with van der Waals surface area (Å²) < 4.78 is 27.3. The monoisotopic (exact) mass is 332 g/mol. The first-order valence-corrected chi connectivity index (χ1v) is 8.56. The molecule has 1 fully saturated rings. The SMILES string of the molecule is CCc1ccccc1S(=O)(=O)N1CCC(N)C(C)(C)C1.Cl. The summed E-state index contributed by atoms with van der Waals surface area (Å²) in [7, 11) is -3.42. The molecule has 0 spiro atoms. The number of sulfonamides is 1. The molecular formula is C15H25ClN2O2S. The van der Waals surface area contributed by atoms with Gasteiger partial charge in [0.1, 0.15) is 0 Å². The van der Waals surface area contributed by atoms with E-state index in [0.717, 1.165) is 5.56 Å². The lowest BCUT2D eigenvalue weighted by Gasteiger charge is -2.41. The Labute approximate surface area is 134 Å². The molecule has 0 amide bonds. The van der Waals surface area contributed by atoms with Crippen LogP contribution in [0.1, 0.15) is 32.8 Å². The Kier molecular flexibility index (Phi) is 5.83. The second kappa shape index (κ2) is 6.65. The minimum absolute atomic E-state index is 0. The molecular weight excluding hydrogens is 308 g/mol. The fourth-order valence-electron chi connectivity index (χ4n) is 2.72. The Morgan fingerprint density at radius 3 is 2.52 bits per heavy atom. The molecule has 0 radical (unpaired) electrons. The van der Waals surface area contributed by atoms with Gasteiger partial charge in [0.25, 0.3) is 0 Å². The Balaban J connectivity index is 0.00000220. The van der Waals surface area contributed by atoms with Crippen molar-refractivity contribution in [3.05, 3.63) is 29.8 Å². The number of nitrogens with zero attached hydrogens (tertiary/aromatic N) is 1. The molecule has 4 nitrogen and oxygen atoms in total. The van der Waals surface area contributed by atoms with Crippen LogP contribution in [-0.4, -0.2) is 31.9 Å². The van der Waals surface area contributed by atoms with Crippen LogP contribution in [0.5, 0.6) is 0 Å². The van der Waals surface area contributed by atoms with E-state index in [9.17, 15) is 8.42 Å². The summed E-state index contributed by atoms with van der Waals surface area (Å²) in [5.41, 5.74) is 6.78. The predicted molar refractivity (Wildman–Crippen MR) is 88.2 cm³/mol. The summed E-state index contributed by atoms with van der Waals surface area (Å²) in [6.45, 7) is 7.03. The summed E-state index contributed by atoms with van der Waals surface area (Å²) >= 11 is 0. The van der Waals surface area contributed by atoms with Gasteiger partial charge in [-0.25, -0.2) is 8.42 Å². The zero-order valence-electron chi connectivity index (χ0n) is 12.9. The lowest BCUT2D eigenvalue weighted by Crippen LogP contribution is -2.53. The lowest BCUT2D eigenvalue weighted by atomic mass is 9.81. The maximum Gasteiger partial charge on any atom is 0.243 e. The van der Waals surface area contributed by atoms with E-state index >= 15 is 0 Å². The van der Waals surface area contributed by atoms with Crippen LogP contribution in [0.2, 0.25) is 0 Å². The maximum absolute atomic E-state index is 12.8. The van der Waals surface area contributed by atoms with Crippen molar-refractivity contribution in [2.24, 2.45) is 11.1 Å². The van der Waals surface area contributed by atoms with Gasteiger partial charge in [-0.05, 0) is 29.9 Å². The maximum atomic E-state index is 12.8. The molecule has 0 saturated carbocycles. The lowest BCUT2D eigenvalue weighted by molar-refractivity contribution is 0.155. The highest BCUT2D eigenvalue weighted by atomic mass is 35.5. The van der Waals surface area contributed by atoms with E-state index in [4.69, 9.17) is 5.73 Å². The quantitative estimate of drug-likeness (QED) is 0.924. The van der Waals surface area contributed by atoms with Crippen molar-refractivity contribution >= 4 is 22.4 Å². The zero-order valence-corrected chi connectivity index (χ0v) is 14.5. The third-order valence-electron chi connectivity index (χ3n) is 4.25. The molecule has 1 aromatic rings. The van der Waals surface area contributed by atoms with Crippen LogP contribution < -0.4 is 5.73 Å². The van der Waals surface area contributed by atoms with E-state index in [-0.39, 0.29) is 23.9 Å². The van der Waals surface area contributed by atoms with Crippen LogP contribution in [0.15, 0.2) is 29.2 Å². The van der Waals surface area contributed by atoms with Gasteiger partial charge in [-0.2, -0.15) is 4.31 Å². The van der Waals surface area contributed by atoms with Crippen molar-refractivity contribution in [3.8, 4) is 0 Å². The molecule has 1 aromatic carbocycles. The van der Waals surface area contributed by atoms with Crippen molar-refractivity contribution in [1.82, 2.24) is 4.31 Å². The zero-order chi connectivity index (χ0) is 15.0. The number of aryl methyl sites for hydroxylation is 1. The van der Waals surface area contributed by atoms with Gasteiger partial charge >= 0.3 is 0 Å². The van der Waals surface area contributed by atoms with E-state index < -0.39 is 10.0 Å². The molecule has 0 aromatic heterocycles. The van der Waals surface area contributed by atoms with Gasteiger partial charge in [0, 0.05) is 19.1 Å². The van der Waals surface area contributed by atoms with Crippen molar-refractivity contribution in [2.75, 3.05) is 13.1 Å². The molecule has 1 heterocycles. The molecule has 0 bridgehead atoms. The van der Waals surface area contributed by atoms with Crippen molar-refractivity contribution < 1.29 is 8.42 Å². The van der Waals surface area contributed by atoms with Gasteiger partial charge in [0.05, 0.1) is 4.90 Å². The molecule has 0 aliphatic carbocycles. The van der Waals surface area contributed by atoms with E-state index in [2.05, 4.69) is 0 Å². The number of hydrogen-bond acceptors (Lipinski definition) is 3. The second-order valence-corrected chi connectivity index (χ2v) is 8.09. The summed E-state index contributed by atoms with van der Waals surface area (Å²) in [6.07, 6.45) is 1.42. The summed E-state index contributed by atoms with van der Waals surface area (Å²) in [6, 6.07) is 7.31. The summed E-state index contributed by atoms with van der Waals surface area (Å²) in [5.74, 6) is 0. The third-order valence-corrected chi connectivity index (χ3v) is 6.19. The number of piperidine rings is 1. The Hall–Kier alpha value is -0.620. The number of nitrogens with two attached hydrogens (primary N) is 1. The summed E-state index contributed by atoms with van der Waals surface area (Å²) in [5, 5.41) is 0. The Morgan fingerprint density at radius 2 is 1.95 bits per heavy atom. The molecule has 1 aliphatic rings. The Bertz CT molecular complexity index is 587. The van der Waals surface area contributed by atoms with Crippen LogP contribution in [0.25, 0.3) is 0 Å². The largest absolute Gasteiger partial charge is 0.327 e. The molecule has 1 atom stereocenters. The highest BCUT2D eigenvalue weighted by molar-refractivity contribution is 7.89. The highest BCUT2D eigenvalue weighted by Gasteiger charge is 2.39. The Morgan fingerprint density at radius 1 is 1.33 bits per heavy atom. The van der Waals surface area contributed by atoms with E-state index in [1.165, 1.54) is 0 Å². The summed E-state index contributed by atoms with van der Waals surface area (Å²) in [4.78, 5) is 0.439. The number of benzene rings is 1. The van der Waals surface area contributed by atoms with Gasteiger partial charge in [0.2, 0.25) is 10.0 Å². The minimum Gasteiger partial charge on any atom is -0.327 e. The van der Waals surface area contributed by atoms with Crippen molar-refractivity contribution in [1.29, 1.82) is 0 Å². The number of halogens is 1. The molecule has 1 unspecified atom stereocenters. The van der Waals surface area contributed by atoms with Gasteiger partial charge in [-0.15, -0.1) is 12.4 Å². The number of rotatable bonds is 3. The van der Waals surface area contributed by atoms with Crippen LogP contribution in [0, 0.1) is 5.41 Å². The van der Waals surface area contributed by atoms with Crippen molar-refractivity contribution in [2.45, 2.75) is 44.6 Å². The molecule has 21 heavy (non-hydrogen) atoms. The van der Waals surface area contributed by atoms with Gasteiger partial charge < -0.3 is 5.73 Å². The van der Waals surface area contributed by atoms with Gasteiger partial charge in [-0.1, -0.05) is 39.0 Å². The highest BCUT2D eigenvalue weighted by Crippen LogP contribution is 2.32. The average molecular weight is 333 g/mol. The fourth-order valence-corrected chi connectivity index (χ4v) is 4.64. The minimum atomic E-state index is -3.42. The van der Waals surface area contributed by atoms with E-state index in [0.29, 0.717) is 30.8 Å². The molecule has 1 aliphatic heterocycles. The molecule has 1 saturated heterocycles. The van der Waals surface area contributed by atoms with Crippen molar-refractivity contribution in [3.63, 3.8) is 0 Å². The van der Waals surface area contributed by atoms with Gasteiger partial charge in [-0.3, -0.25) is 0 Å². The molecule has 6 heteroatoms. The second-order valence-electron chi connectivity index (χ2n) is 6.18. The van der Waals surface area contributed by atoms with Gasteiger partial charge in [0.15, 0.2) is 0 Å². The fraction of sp³-hybridized carbons (Fsp3) is 0.600. The van der Waals surface area contributed by atoms with Crippen LogP contribution in [0.4, 0.5) is 0 Å². The first kappa shape index (κ1) is 18.4. The standard InChI is InChI=1S/C15H24N2O2S.ClH/c1-4-12-7-5-6-8-13(12)20(18,19)17-10-9-14(16)15(2,3)11-17;/h5-8,14H,4,9-11,16H2,1-3H3;1H. The number of hydrogen-bond donors (Lipinski definition) is 1. The van der Waals surface area contributed by atoms with E-state index in [1.54, 1.807) is 16.4 Å². The normalized spacial score (nSPS) is 22.6. The topological polar surface area (TPSA) is 63.4 Å². The smallest absolute Gasteiger partial charge is 0.243 e. The van der Waals surface area contributed by atoms with E-state index in [1.807, 2.05) is 32.9 Å². The molecule has 2 N–H and O–H groups in total. The average Bonchev–Trinajstić information content (AvgIpc) is 2.41. The predicted octanol–water partition coefficient (Wildman–Crippen LogP) is 2.42. The van der Waals surface area contributed by atoms with Crippen LogP contribution in [0.3, 0.4) is 0 Å². The van der Waals surface area contributed by atoms with Crippen LogP contribution >= 0.6 is 12.4 Å². The third kappa shape index (κ3) is 3.59. The van der Waals surface area contributed by atoms with Crippen LogP contribution in [-0.2, 0) is 16.4 Å². The molecule has 2 rings (SSSR count). The first-order chi connectivity index (χ1) is 9.29.